The quantitative estimate of drug-likeness (QED) is 0.281. The van der Waals surface area contributed by atoms with Crippen molar-refractivity contribution in [3.8, 4) is 0 Å². The van der Waals surface area contributed by atoms with Crippen molar-refractivity contribution in [2.75, 3.05) is 19.6 Å². The van der Waals surface area contributed by atoms with Crippen LogP contribution in [0.3, 0.4) is 0 Å². The number of aryl methyl sites for hydroxylation is 2. The number of rotatable bonds is 6. The first-order valence-corrected chi connectivity index (χ1v) is 15.8. The van der Waals surface area contributed by atoms with Gasteiger partial charge in [-0.05, 0) is 75.8 Å². The number of hydrogen-bond donors (Lipinski definition) is 0. The van der Waals surface area contributed by atoms with Gasteiger partial charge in [0.05, 0.1) is 11.0 Å². The lowest BCUT2D eigenvalue weighted by molar-refractivity contribution is 0.0360. The van der Waals surface area contributed by atoms with E-state index in [1.54, 1.807) is 6.92 Å². The molecular weight excluding hydrogens is 536 g/mol. The van der Waals surface area contributed by atoms with Gasteiger partial charge in [-0.3, -0.25) is 14.2 Å². The summed E-state index contributed by atoms with van der Waals surface area (Å²) in [6.45, 7) is 8.42. The van der Waals surface area contributed by atoms with Crippen LogP contribution >= 0.6 is 0 Å². The largest absolute Gasteiger partial charge is 0.336 e. The lowest BCUT2D eigenvalue weighted by atomic mass is 9.89. The molecule has 7 nitrogen and oxygen atoms in total. The Morgan fingerprint density at radius 1 is 0.791 bits per heavy atom. The van der Waals surface area contributed by atoms with Crippen LogP contribution in [0.2, 0.25) is 0 Å². The standard InChI is InChI=1S/C36H42N4O3/c1-4-34(41)40-33-13-9-8-12-32(33)39(36(40)43)29-14-17-37(18-15-29)30-16-19-38(31(24-30)23-27-10-6-5-7-11-27)35(42)28-21-25(2)20-26(3)22-28/h5-13,20-22,29-31H,4,14-19,23-24H2,1-3H3. The van der Waals surface area contributed by atoms with Crippen LogP contribution in [0.1, 0.15) is 76.9 Å². The molecule has 2 unspecified atom stereocenters. The average molecular weight is 579 g/mol. The molecule has 2 fully saturated rings. The number of hydrogen-bond acceptors (Lipinski definition) is 4. The van der Waals surface area contributed by atoms with Gasteiger partial charge in [-0.2, -0.15) is 0 Å². The highest BCUT2D eigenvalue weighted by Gasteiger charge is 2.36. The number of imidazole rings is 1. The van der Waals surface area contributed by atoms with E-state index in [1.165, 1.54) is 10.1 Å². The third-order valence-corrected chi connectivity index (χ3v) is 9.44. The van der Waals surface area contributed by atoms with E-state index in [4.69, 9.17) is 0 Å². The number of likely N-dealkylation sites (tertiary alicyclic amines) is 2. The number of nitrogens with zero attached hydrogens (tertiary/aromatic N) is 4. The second-order valence-electron chi connectivity index (χ2n) is 12.4. The molecule has 0 spiro atoms. The number of para-hydroxylation sites is 2. The Hall–Kier alpha value is -3.97. The summed E-state index contributed by atoms with van der Waals surface area (Å²) < 4.78 is 3.22. The fraction of sp³-hybridized carbons (Fsp3) is 0.417. The Labute approximate surface area is 253 Å². The van der Waals surface area contributed by atoms with E-state index in [0.29, 0.717) is 18.0 Å². The molecule has 0 bridgehead atoms. The molecular formula is C36H42N4O3. The van der Waals surface area contributed by atoms with Crippen molar-refractivity contribution in [1.29, 1.82) is 0 Å². The Balaban J connectivity index is 1.20. The number of piperidine rings is 2. The Morgan fingerprint density at radius 3 is 2.09 bits per heavy atom. The van der Waals surface area contributed by atoms with Crippen molar-refractivity contribution < 1.29 is 9.59 Å². The lowest BCUT2D eigenvalue weighted by Crippen LogP contribution is -2.54. The first kappa shape index (κ1) is 29.1. The van der Waals surface area contributed by atoms with E-state index in [1.807, 2.05) is 47.0 Å². The molecule has 6 rings (SSSR count). The van der Waals surface area contributed by atoms with E-state index in [2.05, 4.69) is 54.0 Å². The number of carbonyl (C=O) groups is 2. The van der Waals surface area contributed by atoms with Gasteiger partial charge in [0.15, 0.2) is 0 Å². The van der Waals surface area contributed by atoms with E-state index < -0.39 is 0 Å². The van der Waals surface area contributed by atoms with Crippen molar-refractivity contribution in [3.63, 3.8) is 0 Å². The molecule has 2 aliphatic rings. The zero-order valence-corrected chi connectivity index (χ0v) is 25.5. The zero-order valence-electron chi connectivity index (χ0n) is 25.5. The molecule has 2 atom stereocenters. The van der Waals surface area contributed by atoms with Gasteiger partial charge >= 0.3 is 5.69 Å². The minimum atomic E-state index is -0.215. The summed E-state index contributed by atoms with van der Waals surface area (Å²) in [6.07, 6.45) is 4.72. The summed E-state index contributed by atoms with van der Waals surface area (Å²) in [5, 5.41) is 0. The molecule has 7 heteroatoms. The SMILES string of the molecule is CCC(=O)n1c(=O)n(C2CCN(C3CCN(C(=O)c4cc(C)cc(C)c4)C(Cc4ccccc4)C3)CC2)c2ccccc21. The molecule has 3 heterocycles. The van der Waals surface area contributed by atoms with Crippen molar-refractivity contribution in [2.24, 2.45) is 0 Å². The van der Waals surface area contributed by atoms with Gasteiger partial charge in [0.1, 0.15) is 0 Å². The lowest BCUT2D eigenvalue weighted by Gasteiger charge is -2.45. The molecule has 2 aliphatic heterocycles. The first-order chi connectivity index (χ1) is 20.8. The minimum absolute atomic E-state index is 0.0610. The van der Waals surface area contributed by atoms with Crippen molar-refractivity contribution in [3.05, 3.63) is 106 Å². The van der Waals surface area contributed by atoms with Crippen LogP contribution in [0.4, 0.5) is 0 Å². The van der Waals surface area contributed by atoms with Gasteiger partial charge in [0.2, 0.25) is 5.91 Å². The van der Waals surface area contributed by atoms with Crippen LogP contribution in [0, 0.1) is 13.8 Å². The number of benzene rings is 3. The molecule has 224 valence electrons. The maximum Gasteiger partial charge on any atom is 0.336 e. The predicted molar refractivity (Wildman–Crippen MR) is 171 cm³/mol. The third-order valence-electron chi connectivity index (χ3n) is 9.44. The summed E-state index contributed by atoms with van der Waals surface area (Å²) >= 11 is 0. The van der Waals surface area contributed by atoms with Gasteiger partial charge in [0.25, 0.3) is 5.91 Å². The molecule has 0 aliphatic carbocycles. The Kier molecular flexibility index (Phi) is 8.35. The third kappa shape index (κ3) is 5.83. The monoisotopic (exact) mass is 578 g/mol. The minimum Gasteiger partial charge on any atom is -0.335 e. The Bertz CT molecular complexity index is 1660. The maximum absolute atomic E-state index is 13.9. The normalized spacial score (nSPS) is 20.0. The summed E-state index contributed by atoms with van der Waals surface area (Å²) in [6, 6.07) is 24.9. The molecule has 0 radical (unpaired) electrons. The molecule has 1 amide bonds. The number of aromatic nitrogens is 2. The van der Waals surface area contributed by atoms with Gasteiger partial charge in [-0.1, -0.05) is 66.6 Å². The van der Waals surface area contributed by atoms with Gasteiger partial charge in [-0.15, -0.1) is 0 Å². The van der Waals surface area contributed by atoms with Crippen molar-refractivity contribution in [1.82, 2.24) is 18.9 Å². The summed E-state index contributed by atoms with van der Waals surface area (Å²) in [7, 11) is 0. The van der Waals surface area contributed by atoms with Crippen molar-refractivity contribution in [2.45, 2.75) is 77.4 Å². The topological polar surface area (TPSA) is 67.6 Å². The number of amides is 1. The molecule has 3 aromatic carbocycles. The maximum atomic E-state index is 13.9. The Morgan fingerprint density at radius 2 is 1.42 bits per heavy atom. The number of fused-ring (bicyclic) bond motifs is 1. The van der Waals surface area contributed by atoms with E-state index in [0.717, 1.165) is 73.9 Å². The molecule has 4 aromatic rings. The molecule has 43 heavy (non-hydrogen) atoms. The van der Waals surface area contributed by atoms with E-state index >= 15 is 0 Å². The highest BCUT2D eigenvalue weighted by Crippen LogP contribution is 2.32. The summed E-state index contributed by atoms with van der Waals surface area (Å²) in [4.78, 5) is 44.7. The zero-order chi connectivity index (χ0) is 30.1. The van der Waals surface area contributed by atoms with Crippen LogP contribution in [0.15, 0.2) is 77.6 Å². The number of carbonyl (C=O) groups excluding carboxylic acids is 2. The van der Waals surface area contributed by atoms with Crippen molar-refractivity contribution >= 4 is 22.8 Å². The molecule has 0 N–H and O–H groups in total. The fourth-order valence-corrected chi connectivity index (χ4v) is 7.40. The smallest absolute Gasteiger partial charge is 0.335 e. The van der Waals surface area contributed by atoms with Crippen LogP contribution in [0.25, 0.3) is 11.0 Å². The van der Waals surface area contributed by atoms with Crippen LogP contribution in [-0.4, -0.2) is 62.5 Å². The second-order valence-corrected chi connectivity index (χ2v) is 12.4. The van der Waals surface area contributed by atoms with Crippen LogP contribution in [-0.2, 0) is 6.42 Å². The van der Waals surface area contributed by atoms with Gasteiger partial charge in [0, 0.05) is 49.7 Å². The summed E-state index contributed by atoms with van der Waals surface area (Å²) in [5.41, 5.74) is 5.58. The highest BCUT2D eigenvalue weighted by atomic mass is 16.2. The molecule has 0 saturated carbocycles. The highest BCUT2D eigenvalue weighted by molar-refractivity contribution is 5.95. The van der Waals surface area contributed by atoms with Gasteiger partial charge in [-0.25, -0.2) is 9.36 Å². The molecule has 2 saturated heterocycles. The average Bonchev–Trinajstić information content (AvgIpc) is 3.32. The van der Waals surface area contributed by atoms with Gasteiger partial charge < -0.3 is 9.80 Å². The van der Waals surface area contributed by atoms with Crippen LogP contribution < -0.4 is 5.69 Å². The predicted octanol–water partition coefficient (Wildman–Crippen LogP) is 6.02. The molecule has 1 aromatic heterocycles. The first-order valence-electron chi connectivity index (χ1n) is 15.8. The van der Waals surface area contributed by atoms with E-state index in [9.17, 15) is 14.4 Å². The fourth-order valence-electron chi connectivity index (χ4n) is 7.40. The summed E-state index contributed by atoms with van der Waals surface area (Å²) in [5.74, 6) is -0.0359. The second kappa shape index (κ2) is 12.3. The van der Waals surface area contributed by atoms with Crippen LogP contribution in [0.5, 0.6) is 0 Å². The van der Waals surface area contributed by atoms with E-state index in [-0.39, 0.29) is 29.6 Å².